The number of alkyl halides is 3. The highest BCUT2D eigenvalue weighted by molar-refractivity contribution is 5.18. The average Bonchev–Trinajstić information content (AvgIpc) is 1.70. The maximum atomic E-state index is 12.1. The maximum absolute atomic E-state index is 12.1. The Kier molecular flexibility index (Phi) is 70.9. The van der Waals surface area contributed by atoms with E-state index in [1.807, 2.05) is 44.2 Å². The van der Waals surface area contributed by atoms with Crippen molar-refractivity contribution in [1.29, 1.82) is 0 Å². The lowest BCUT2D eigenvalue weighted by Gasteiger charge is -2.37. The molecule has 14 heteroatoms. The number of hydrogen-bond donors (Lipinski definition) is 9. The zero-order valence-electron chi connectivity index (χ0n) is 94.6. The number of fused-ring (bicyclic) bond motifs is 4. The molecule has 776 valence electrons. The molecule has 8 atom stereocenters. The number of halogens is 3. The second kappa shape index (κ2) is 68.8. The Balaban J connectivity index is -0.000000662. The zero-order valence-corrected chi connectivity index (χ0v) is 94.6. The summed E-state index contributed by atoms with van der Waals surface area (Å²) in [5.74, 6) is 7.96. The van der Waals surface area contributed by atoms with Gasteiger partial charge in [0.2, 0.25) is 0 Å². The molecule has 0 radical (unpaired) electrons. The molecule has 8 unspecified atom stereocenters. The fraction of sp³-hybridized carbons (Fsp3) is 0.897. The Hall–Kier alpha value is -2.21. The Morgan fingerprint density at radius 3 is 1.07 bits per heavy atom. The molecule has 0 saturated heterocycles. The highest BCUT2D eigenvalue weighted by Crippen LogP contribution is 2.46. The number of aliphatic hydroxyl groups excluding tert-OH is 1. The zero-order chi connectivity index (χ0) is 100. The van der Waals surface area contributed by atoms with Crippen LogP contribution in [0.5, 0.6) is 0 Å². The third-order valence-electron chi connectivity index (χ3n) is 27.0. The van der Waals surface area contributed by atoms with Crippen molar-refractivity contribution in [2.45, 2.75) is 603 Å². The lowest BCUT2D eigenvalue weighted by atomic mass is 9.83. The van der Waals surface area contributed by atoms with Gasteiger partial charge in [-0.05, 0) is 285 Å². The third-order valence-corrected chi connectivity index (χ3v) is 27.0. The normalized spacial score (nSPS) is 20.7. The first-order chi connectivity index (χ1) is 59.1. The average molecular weight is 1840 g/mol. The van der Waals surface area contributed by atoms with Crippen LogP contribution in [0.3, 0.4) is 0 Å². The topological polar surface area (TPSA) is 123 Å². The Bertz CT molecular complexity index is 2850. The summed E-state index contributed by atoms with van der Waals surface area (Å²) in [7, 11) is 4.39. The van der Waals surface area contributed by atoms with Gasteiger partial charge < -0.3 is 52.5 Å². The third kappa shape index (κ3) is 68.8. The van der Waals surface area contributed by atoms with Crippen LogP contribution in [0.25, 0.3) is 0 Å². The summed E-state index contributed by atoms with van der Waals surface area (Å²) < 4.78 is 36.4. The maximum Gasteiger partial charge on any atom is 0.406 e. The molecule has 0 amide bonds. The monoisotopic (exact) mass is 1840 g/mol. The summed E-state index contributed by atoms with van der Waals surface area (Å²) in [6, 6.07) is 30.1. The molecule has 2 aromatic carbocycles. The van der Waals surface area contributed by atoms with Gasteiger partial charge in [0.05, 0.1) is 6.10 Å². The molecular formula is C116H235F3N10O. The van der Waals surface area contributed by atoms with Gasteiger partial charge in [-0.1, -0.05) is 332 Å². The Morgan fingerprint density at radius 2 is 0.846 bits per heavy atom. The summed E-state index contributed by atoms with van der Waals surface area (Å²) in [4.78, 5) is 4.83. The van der Waals surface area contributed by atoms with Crippen LogP contribution in [0.2, 0.25) is 0 Å². The van der Waals surface area contributed by atoms with Crippen LogP contribution in [-0.2, 0) is 6.42 Å². The number of nitrogens with one attached hydrogen (secondary N) is 8. The first-order valence-electron chi connectivity index (χ1n) is 53.5. The summed E-state index contributed by atoms with van der Waals surface area (Å²) in [6.07, 6.45) is 33.2. The van der Waals surface area contributed by atoms with Crippen LogP contribution in [0.1, 0.15) is 483 Å². The van der Waals surface area contributed by atoms with Crippen LogP contribution in [0.4, 0.5) is 13.2 Å². The molecular weight excluding hydrogens is 1610 g/mol. The van der Waals surface area contributed by atoms with Crippen LogP contribution in [0, 0.1) is 58.7 Å². The van der Waals surface area contributed by atoms with E-state index in [-0.39, 0.29) is 36.6 Å². The van der Waals surface area contributed by atoms with Gasteiger partial charge >= 0.3 is 6.18 Å². The SMILES string of the molecule is C.CC(C)C(O)c1ccccc1.CC(C)CC1CCCCC1.CC(C)Cc1ccccc1.CC(C)N(C)C(C)(C)C.CC(C)N(C)C1CCC1.CC(C)NC(C)(C)C.CC(C)NC(C)(C)C(C)C.CC(C)NC(C)(C)C(F)(F)F.CC(C)NC(C)C(C)(C)C.CC(C)NC1(C)CCCCC1.CC(C)NC1CC2CCC1C2.CC(C)NC1CC2CCC1C2.CC(C)NC1CCC1. The van der Waals surface area contributed by atoms with Crippen molar-refractivity contribution in [1.82, 2.24) is 52.3 Å². The van der Waals surface area contributed by atoms with Gasteiger partial charge in [0.1, 0.15) is 5.54 Å². The fourth-order valence-corrected chi connectivity index (χ4v) is 18.5. The van der Waals surface area contributed by atoms with Gasteiger partial charge in [-0.15, -0.1) is 0 Å². The molecule has 8 saturated carbocycles. The van der Waals surface area contributed by atoms with Crippen LogP contribution in [0.15, 0.2) is 60.7 Å². The Morgan fingerprint density at radius 1 is 0.431 bits per heavy atom. The lowest BCUT2D eigenvalue weighted by molar-refractivity contribution is -0.187. The second-order valence-electron chi connectivity index (χ2n) is 49.7. The Labute approximate surface area is 813 Å². The molecule has 4 bridgehead atoms. The van der Waals surface area contributed by atoms with Crippen molar-refractivity contribution in [3.8, 4) is 0 Å². The number of benzene rings is 2. The van der Waals surface area contributed by atoms with E-state index in [2.05, 4.69) is 353 Å². The molecule has 10 rings (SSSR count). The molecule has 9 N–H and O–H groups in total. The molecule has 8 fully saturated rings. The number of hydrogen-bond acceptors (Lipinski definition) is 11. The molecule has 0 aromatic heterocycles. The number of nitrogens with zero attached hydrogens (tertiary/aromatic N) is 2. The second-order valence-corrected chi connectivity index (χ2v) is 49.7. The van der Waals surface area contributed by atoms with Crippen molar-refractivity contribution in [3.05, 3.63) is 71.8 Å². The van der Waals surface area contributed by atoms with E-state index >= 15 is 0 Å². The largest absolute Gasteiger partial charge is 0.406 e. The van der Waals surface area contributed by atoms with Crippen LogP contribution in [-0.4, -0.2) is 154 Å². The van der Waals surface area contributed by atoms with E-state index in [9.17, 15) is 18.3 Å². The van der Waals surface area contributed by atoms with Crippen molar-refractivity contribution in [2.75, 3.05) is 14.1 Å². The van der Waals surface area contributed by atoms with Crippen LogP contribution < -0.4 is 42.5 Å². The standard InChI is InChI=1S/2C10H19N.C10H21N.C10H14O.C10H20.C10H14.2C9H21N.C8H17N.C8H19N.C7H14F3N.C7H15N.C7H17N.CH4/c2*1-7(2)11-10-6-8-3-4-9(10)5-8;1-9(2)11-10(3)7-5-4-6-8-10;1-8(2)10(11)9-6-4-3-5-7-9;2*1-9(2)8-10-6-4-3-5-7-10;1-7(2)10-8(3)9(4,5)6;1-7(2)9(5,6)10-8(3)4;1-7(2)9(3)8-5-4-6-8;1-7(2)9(6)8(3,4)5;1-5(2)11-6(3,4)7(8,9)10;1-6(2)8-7-4-3-5-7;1-6(2)8-7(3,4)5;/h2*7-11H,3-6H2,1-2H3;9,11H,4-8H2,1-3H3;3-8,10-11H,1-2H3;9-10H,3-8H2,1-2H3;3-7,9H,8H2,1-2H3;2*7-8,10H,1-6H3;7-8H,4-6H2,1-3H3;7H,1-6H3;5,11H,1-4H3;6-8H,3-5H2,1-2H3;6,8H,1-5H3;1H4. The molecule has 0 spiro atoms. The van der Waals surface area contributed by atoms with Gasteiger partial charge in [-0.3, -0.25) is 4.90 Å². The summed E-state index contributed by atoms with van der Waals surface area (Å²) in [5.41, 5.74) is 2.34. The van der Waals surface area contributed by atoms with E-state index in [0.29, 0.717) is 76.8 Å². The van der Waals surface area contributed by atoms with E-state index in [4.69, 9.17) is 0 Å². The first-order valence-corrected chi connectivity index (χ1v) is 53.5. The minimum absolute atomic E-state index is 0. The van der Waals surface area contributed by atoms with E-state index in [0.717, 1.165) is 91.0 Å². The fourth-order valence-electron chi connectivity index (χ4n) is 18.5. The van der Waals surface area contributed by atoms with Crippen molar-refractivity contribution < 1.29 is 18.3 Å². The van der Waals surface area contributed by atoms with Crippen LogP contribution >= 0.6 is 0 Å². The highest BCUT2D eigenvalue weighted by Gasteiger charge is 2.47. The van der Waals surface area contributed by atoms with Gasteiger partial charge in [0.15, 0.2) is 0 Å². The predicted molar refractivity (Wildman–Crippen MR) is 579 cm³/mol. The molecule has 2 aromatic rings. The minimum atomic E-state index is -4.18. The smallest absolute Gasteiger partial charge is 0.388 e. The molecule has 0 aliphatic heterocycles. The van der Waals surface area contributed by atoms with Crippen molar-refractivity contribution in [2.24, 2.45) is 58.7 Å². The van der Waals surface area contributed by atoms with E-state index in [1.165, 1.54) is 173 Å². The molecule has 11 nitrogen and oxygen atoms in total. The minimum Gasteiger partial charge on any atom is -0.388 e. The van der Waals surface area contributed by atoms with Gasteiger partial charge in [0, 0.05) is 113 Å². The number of rotatable bonds is 25. The van der Waals surface area contributed by atoms with Crippen molar-refractivity contribution >= 4 is 0 Å². The van der Waals surface area contributed by atoms with E-state index < -0.39 is 11.7 Å². The lowest BCUT2D eigenvalue weighted by Crippen LogP contribution is -2.54. The molecule has 8 aliphatic rings. The summed E-state index contributed by atoms with van der Waals surface area (Å²) >= 11 is 0. The van der Waals surface area contributed by atoms with Gasteiger partial charge in [0.25, 0.3) is 0 Å². The summed E-state index contributed by atoms with van der Waals surface area (Å²) in [6.45, 7) is 92.3. The van der Waals surface area contributed by atoms with Crippen molar-refractivity contribution in [3.63, 3.8) is 0 Å². The molecule has 130 heavy (non-hydrogen) atoms. The predicted octanol–water partition coefficient (Wildman–Crippen LogP) is 31.1. The quantitative estimate of drug-likeness (QED) is 0.0472. The molecule has 0 heterocycles. The molecule has 8 aliphatic carbocycles. The number of aliphatic hydroxyl groups is 1. The first kappa shape index (κ1) is 134. The summed E-state index contributed by atoms with van der Waals surface area (Å²) in [5, 5.41) is 36.9. The van der Waals surface area contributed by atoms with Gasteiger partial charge in [-0.25, -0.2) is 0 Å². The van der Waals surface area contributed by atoms with E-state index in [1.54, 1.807) is 13.8 Å². The highest BCUT2D eigenvalue weighted by atomic mass is 19.4. The van der Waals surface area contributed by atoms with Gasteiger partial charge in [-0.2, -0.15) is 13.2 Å².